The summed E-state index contributed by atoms with van der Waals surface area (Å²) in [5, 5.41) is 31.9. The highest BCUT2D eigenvalue weighted by Crippen LogP contribution is 2.35. The van der Waals surface area contributed by atoms with Crippen molar-refractivity contribution in [2.75, 3.05) is 19.9 Å². The third-order valence-electron chi connectivity index (χ3n) is 6.58. The van der Waals surface area contributed by atoms with E-state index in [1.165, 1.54) is 18.2 Å². The van der Waals surface area contributed by atoms with Crippen molar-refractivity contribution in [2.24, 2.45) is 5.92 Å². The highest BCUT2D eigenvalue weighted by Gasteiger charge is 2.32. The molecular formula is C30H33N3O8S. The summed E-state index contributed by atoms with van der Waals surface area (Å²) in [6, 6.07) is 19.4. The highest BCUT2D eigenvalue weighted by atomic mass is 32.2. The van der Waals surface area contributed by atoms with Crippen molar-refractivity contribution >= 4 is 16.1 Å². The second kappa shape index (κ2) is 13.6. The van der Waals surface area contributed by atoms with Crippen molar-refractivity contribution < 1.29 is 37.6 Å². The lowest BCUT2D eigenvalue weighted by Crippen LogP contribution is -2.50. The van der Waals surface area contributed by atoms with Gasteiger partial charge in [0.1, 0.15) is 12.4 Å². The molecule has 4 rings (SSSR count). The summed E-state index contributed by atoms with van der Waals surface area (Å²) in [6.07, 6.45) is -2.57. The lowest BCUT2D eigenvalue weighted by molar-refractivity contribution is 0.0980. The fourth-order valence-electron chi connectivity index (χ4n) is 4.46. The zero-order valence-corrected chi connectivity index (χ0v) is 24.1. The van der Waals surface area contributed by atoms with Crippen LogP contribution in [0.25, 0.3) is 0 Å². The van der Waals surface area contributed by atoms with Gasteiger partial charge in [0, 0.05) is 19.2 Å². The Kier molecular flexibility index (Phi) is 9.90. The number of aliphatic hydroxyl groups is 1. The molecule has 0 saturated heterocycles. The van der Waals surface area contributed by atoms with E-state index in [0.29, 0.717) is 35.0 Å². The number of carbonyl (C=O) groups is 1. The van der Waals surface area contributed by atoms with Crippen molar-refractivity contribution in [1.29, 1.82) is 5.26 Å². The van der Waals surface area contributed by atoms with Crippen LogP contribution in [0.2, 0.25) is 0 Å². The molecule has 42 heavy (non-hydrogen) atoms. The average Bonchev–Trinajstić information content (AvgIpc) is 3.44. The minimum atomic E-state index is -4.06. The molecule has 0 saturated carbocycles. The lowest BCUT2D eigenvalue weighted by Gasteiger charge is -2.30. The van der Waals surface area contributed by atoms with Gasteiger partial charge in [0.15, 0.2) is 11.5 Å². The number of nitriles is 1. The molecule has 11 nitrogen and oxygen atoms in total. The summed E-state index contributed by atoms with van der Waals surface area (Å²) in [5.74, 6) is 1.28. The van der Waals surface area contributed by atoms with E-state index in [4.69, 9.17) is 19.5 Å². The summed E-state index contributed by atoms with van der Waals surface area (Å²) in [7, 11) is -4.06. The average molecular weight is 596 g/mol. The van der Waals surface area contributed by atoms with Crippen LogP contribution in [0.1, 0.15) is 30.5 Å². The Hall–Kier alpha value is -4.31. The Labute approximate surface area is 244 Å². The maximum Gasteiger partial charge on any atom is 0.404 e. The molecule has 1 aliphatic heterocycles. The zero-order chi connectivity index (χ0) is 30.3. The Bertz CT molecular complexity index is 1520. The van der Waals surface area contributed by atoms with Gasteiger partial charge < -0.3 is 29.7 Å². The van der Waals surface area contributed by atoms with Crippen LogP contribution in [0.3, 0.4) is 0 Å². The van der Waals surface area contributed by atoms with Crippen LogP contribution in [0.4, 0.5) is 4.79 Å². The molecule has 0 aromatic heterocycles. The normalized spacial score (nSPS) is 13.9. The first-order valence-electron chi connectivity index (χ1n) is 13.3. The Morgan fingerprint density at radius 2 is 1.69 bits per heavy atom. The molecule has 0 bridgehead atoms. The van der Waals surface area contributed by atoms with E-state index in [2.05, 4.69) is 11.4 Å². The van der Waals surface area contributed by atoms with Crippen molar-refractivity contribution in [1.82, 2.24) is 9.62 Å². The van der Waals surface area contributed by atoms with Crippen LogP contribution in [0.5, 0.6) is 17.2 Å². The number of nitrogens with zero attached hydrogens (tertiary/aromatic N) is 2. The number of hydrogen-bond donors (Lipinski definition) is 3. The van der Waals surface area contributed by atoms with Crippen molar-refractivity contribution in [2.45, 2.75) is 43.9 Å². The van der Waals surface area contributed by atoms with E-state index in [1.54, 1.807) is 36.4 Å². The van der Waals surface area contributed by atoms with Crippen LogP contribution in [-0.2, 0) is 23.1 Å². The molecule has 1 amide bonds. The van der Waals surface area contributed by atoms with Gasteiger partial charge >= 0.3 is 6.09 Å². The van der Waals surface area contributed by atoms with Gasteiger partial charge in [-0.05, 0) is 59.9 Å². The number of rotatable bonds is 13. The number of aliphatic hydroxyl groups excluding tert-OH is 1. The largest absolute Gasteiger partial charge is 0.489 e. The van der Waals surface area contributed by atoms with Gasteiger partial charge in [0.25, 0.3) is 0 Å². The first-order chi connectivity index (χ1) is 20.0. The van der Waals surface area contributed by atoms with Crippen molar-refractivity contribution in [3.8, 4) is 23.3 Å². The van der Waals surface area contributed by atoms with E-state index >= 15 is 0 Å². The lowest BCUT2D eigenvalue weighted by atomic mass is 10.0. The van der Waals surface area contributed by atoms with Gasteiger partial charge in [-0.3, -0.25) is 0 Å². The minimum absolute atomic E-state index is 0.0000296. The molecule has 3 N–H and O–H groups in total. The number of amides is 1. The fourth-order valence-corrected chi connectivity index (χ4v) is 6.10. The number of nitrogens with one attached hydrogen (secondary N) is 1. The Morgan fingerprint density at radius 1 is 1.02 bits per heavy atom. The van der Waals surface area contributed by atoms with Gasteiger partial charge in [-0.15, -0.1) is 0 Å². The molecule has 3 aromatic carbocycles. The smallest absolute Gasteiger partial charge is 0.404 e. The molecule has 0 fully saturated rings. The summed E-state index contributed by atoms with van der Waals surface area (Å²) < 4.78 is 44.8. The first-order valence-corrected chi connectivity index (χ1v) is 14.8. The first kappa shape index (κ1) is 30.6. The van der Waals surface area contributed by atoms with E-state index in [9.17, 15) is 23.4 Å². The molecule has 0 radical (unpaired) electrons. The van der Waals surface area contributed by atoms with Crippen LogP contribution in [-0.4, -0.2) is 61.1 Å². The summed E-state index contributed by atoms with van der Waals surface area (Å²) in [6.45, 7) is 3.79. The molecular weight excluding hydrogens is 562 g/mol. The molecule has 1 aliphatic rings. The van der Waals surface area contributed by atoms with E-state index in [-0.39, 0.29) is 37.1 Å². The summed E-state index contributed by atoms with van der Waals surface area (Å²) in [4.78, 5) is 11.6. The Morgan fingerprint density at radius 3 is 2.33 bits per heavy atom. The number of carboxylic acid groups (broad SMARTS) is 1. The maximum absolute atomic E-state index is 13.6. The molecule has 3 aromatic rings. The van der Waals surface area contributed by atoms with E-state index in [1.807, 2.05) is 26.0 Å². The van der Waals surface area contributed by atoms with Gasteiger partial charge in [0.05, 0.1) is 28.7 Å². The third-order valence-corrected chi connectivity index (χ3v) is 8.41. The summed E-state index contributed by atoms with van der Waals surface area (Å²) >= 11 is 0. The number of benzene rings is 3. The predicted octanol–water partition coefficient (Wildman–Crippen LogP) is 3.75. The Balaban J connectivity index is 1.45. The van der Waals surface area contributed by atoms with Crippen LogP contribution in [0, 0.1) is 17.2 Å². The monoisotopic (exact) mass is 595 g/mol. The van der Waals surface area contributed by atoms with Crippen LogP contribution in [0.15, 0.2) is 71.6 Å². The number of fused-ring (bicyclic) bond motifs is 1. The third kappa shape index (κ3) is 7.91. The molecule has 0 unspecified atom stereocenters. The fraction of sp³-hybridized carbons (Fsp3) is 0.333. The second-order valence-electron chi connectivity index (χ2n) is 10.3. The van der Waals surface area contributed by atoms with Gasteiger partial charge in [-0.25, -0.2) is 13.2 Å². The van der Waals surface area contributed by atoms with Crippen LogP contribution >= 0.6 is 0 Å². The quantitative estimate of drug-likeness (QED) is 0.268. The van der Waals surface area contributed by atoms with E-state index in [0.717, 1.165) is 9.87 Å². The van der Waals surface area contributed by atoms with Gasteiger partial charge in [-0.2, -0.15) is 9.57 Å². The van der Waals surface area contributed by atoms with Crippen molar-refractivity contribution in [3.63, 3.8) is 0 Å². The topological polar surface area (TPSA) is 158 Å². The van der Waals surface area contributed by atoms with Crippen LogP contribution < -0.4 is 19.5 Å². The SMILES string of the molecule is CC(C)CN(C[C@H](O)[C@H](Cc1ccc(OCc2ccc(C#N)cc2)cc1)NC(=O)O)S(=O)(=O)c1ccc2c(c1)OCO2. The molecule has 0 spiro atoms. The standard InChI is InChI=1S/C30H33N3O8S/c1-20(2)16-33(42(37,38)25-11-12-28-29(14-25)41-19-40-28)17-27(34)26(32-30(35)36)13-21-7-9-24(10-8-21)39-18-23-5-3-22(15-31)4-6-23/h3-12,14,20,26-27,32,34H,13,16-19H2,1-2H3,(H,35,36)/t26-,27-/m0/s1. The van der Waals surface area contributed by atoms with Gasteiger partial charge in [0.2, 0.25) is 16.8 Å². The second-order valence-corrected chi connectivity index (χ2v) is 12.2. The summed E-state index contributed by atoms with van der Waals surface area (Å²) in [5.41, 5.74) is 2.17. The maximum atomic E-state index is 13.6. The van der Waals surface area contributed by atoms with Crippen molar-refractivity contribution in [3.05, 3.63) is 83.4 Å². The number of sulfonamides is 1. The number of ether oxygens (including phenoxy) is 3. The highest BCUT2D eigenvalue weighted by molar-refractivity contribution is 7.89. The molecule has 12 heteroatoms. The van der Waals surface area contributed by atoms with E-state index < -0.39 is 28.3 Å². The molecule has 222 valence electrons. The number of hydrogen-bond acceptors (Lipinski definition) is 8. The molecule has 2 atom stereocenters. The predicted molar refractivity (Wildman–Crippen MR) is 153 cm³/mol. The molecule has 0 aliphatic carbocycles. The minimum Gasteiger partial charge on any atom is -0.489 e. The molecule has 1 heterocycles. The van der Waals surface area contributed by atoms with Gasteiger partial charge in [-0.1, -0.05) is 38.1 Å². The zero-order valence-electron chi connectivity index (χ0n) is 23.3.